The van der Waals surface area contributed by atoms with Crippen LogP contribution < -0.4 is 14.7 Å². The monoisotopic (exact) mass is 378 g/mol. The van der Waals surface area contributed by atoms with Crippen molar-refractivity contribution in [1.29, 1.82) is 0 Å². The first-order chi connectivity index (χ1) is 7.91. The normalized spacial score (nSPS) is 10.3. The Morgan fingerprint density at radius 1 is 0.833 bits per heavy atom. The van der Waals surface area contributed by atoms with Crippen LogP contribution in [0.15, 0.2) is 0 Å². The Bertz CT molecular complexity index is 170. The van der Waals surface area contributed by atoms with E-state index in [1.54, 1.807) is 0 Å². The van der Waals surface area contributed by atoms with Crippen LogP contribution in [0.5, 0.6) is 0 Å². The Hall–Kier alpha value is 1.22. The first kappa shape index (κ1) is 24.3. The van der Waals surface area contributed by atoms with Crippen molar-refractivity contribution in [1.82, 2.24) is 0 Å². The summed E-state index contributed by atoms with van der Waals surface area (Å²) in [5.74, 6) is 0. The van der Waals surface area contributed by atoms with Gasteiger partial charge in [-0.05, 0) is 0 Å². The third-order valence-electron chi connectivity index (χ3n) is 2.35. The summed E-state index contributed by atoms with van der Waals surface area (Å²) >= 11 is 3.27. The topological polar surface area (TPSA) is 69.2 Å². The summed E-state index contributed by atoms with van der Waals surface area (Å²) in [5, 5.41) is 0. The van der Waals surface area contributed by atoms with E-state index in [0.717, 1.165) is 6.42 Å². The second kappa shape index (κ2) is 18.2. The van der Waals surface area contributed by atoms with Crippen LogP contribution in [-0.2, 0) is 32.9 Å². The van der Waals surface area contributed by atoms with Crippen molar-refractivity contribution in [2.75, 3.05) is 0 Å². The molecule has 0 rings (SSSR count). The van der Waals surface area contributed by atoms with E-state index in [2.05, 4.69) is 25.7 Å². The summed E-state index contributed by atoms with van der Waals surface area (Å²) in [7, 11) is 0. The maximum absolute atomic E-state index is 8.92. The standard InChI is InChI=1S/C12H25.Mo.H3O3PS/c1-3-5-7-9-11-12-10-8-6-4-2;;1-4(2,3)5/h1,3-12H2,2H3;;(H3,1,2,3,5)/q-1;+4;/p-3. The Kier molecular flexibility index (Phi) is 24.5. The van der Waals surface area contributed by atoms with E-state index < -0.39 is 6.72 Å². The van der Waals surface area contributed by atoms with Crippen molar-refractivity contribution in [3.05, 3.63) is 6.92 Å². The SMILES string of the molecule is [CH2-]CCCCCCCCCCC.[Mo+4].[O-]P([O-])([O-])=S. The zero-order valence-electron chi connectivity index (χ0n) is 11.3. The average molecular weight is 376 g/mol. The van der Waals surface area contributed by atoms with Crippen molar-refractivity contribution in [3.8, 4) is 0 Å². The molecule has 0 saturated heterocycles. The Morgan fingerprint density at radius 2 is 1.11 bits per heavy atom. The first-order valence-corrected chi connectivity index (χ1v) is 8.99. The van der Waals surface area contributed by atoms with Gasteiger partial charge in [0.15, 0.2) is 0 Å². The fourth-order valence-corrected chi connectivity index (χ4v) is 1.49. The molecular weight excluding hydrogens is 351 g/mol. The van der Waals surface area contributed by atoms with Gasteiger partial charge in [-0.15, -0.1) is 0 Å². The van der Waals surface area contributed by atoms with Crippen molar-refractivity contribution < 1.29 is 35.7 Å². The summed E-state index contributed by atoms with van der Waals surface area (Å²) in [6, 6.07) is 0. The van der Waals surface area contributed by atoms with Crippen molar-refractivity contribution in [2.24, 2.45) is 0 Å². The van der Waals surface area contributed by atoms with E-state index in [4.69, 9.17) is 14.7 Å². The first-order valence-electron chi connectivity index (χ1n) is 6.44. The molecule has 0 aliphatic heterocycles. The van der Waals surface area contributed by atoms with Crippen LogP contribution in [0.1, 0.15) is 71.1 Å². The van der Waals surface area contributed by atoms with Crippen molar-refractivity contribution in [2.45, 2.75) is 71.1 Å². The number of hydrogen-bond acceptors (Lipinski definition) is 4. The molecule has 0 bridgehead atoms. The Balaban J connectivity index is -0.000000321. The molecule has 6 heteroatoms. The molecule has 0 saturated carbocycles. The molecule has 0 unspecified atom stereocenters. The van der Waals surface area contributed by atoms with Gasteiger partial charge in [0.25, 0.3) is 0 Å². The molecule has 18 heavy (non-hydrogen) atoms. The van der Waals surface area contributed by atoms with Gasteiger partial charge in [-0.25, -0.2) is 0 Å². The number of rotatable bonds is 9. The van der Waals surface area contributed by atoms with Gasteiger partial charge in [-0.1, -0.05) is 64.7 Å². The minimum atomic E-state index is -4.56. The fraction of sp³-hybridized carbons (Fsp3) is 0.917. The minimum Gasteiger partial charge on any atom is -0.844 e. The van der Waals surface area contributed by atoms with E-state index in [1.807, 2.05) is 0 Å². The molecule has 0 aromatic carbocycles. The van der Waals surface area contributed by atoms with Gasteiger partial charge < -0.3 is 28.3 Å². The molecule has 0 spiro atoms. The van der Waals surface area contributed by atoms with Gasteiger partial charge in [0, 0.05) is 0 Å². The summed E-state index contributed by atoms with van der Waals surface area (Å²) in [6.07, 6.45) is 13.9. The Morgan fingerprint density at radius 3 is 1.39 bits per heavy atom. The summed E-state index contributed by atoms with van der Waals surface area (Å²) in [5.41, 5.74) is 0. The van der Waals surface area contributed by atoms with Gasteiger partial charge >= 0.3 is 21.1 Å². The predicted molar refractivity (Wildman–Crippen MR) is 71.5 cm³/mol. The second-order valence-corrected chi connectivity index (χ2v) is 6.37. The van der Waals surface area contributed by atoms with Crippen LogP contribution >= 0.6 is 6.72 Å². The molecule has 0 fully saturated rings. The molecule has 0 heterocycles. The van der Waals surface area contributed by atoms with Gasteiger partial charge in [0.1, 0.15) is 0 Å². The third-order valence-corrected chi connectivity index (χ3v) is 2.35. The molecule has 0 atom stereocenters. The second-order valence-electron chi connectivity index (χ2n) is 4.13. The van der Waals surface area contributed by atoms with Crippen LogP contribution in [0, 0.1) is 6.92 Å². The van der Waals surface area contributed by atoms with E-state index in [0.29, 0.717) is 0 Å². The maximum atomic E-state index is 8.92. The summed E-state index contributed by atoms with van der Waals surface area (Å²) in [6.45, 7) is 1.56. The van der Waals surface area contributed by atoms with Crippen LogP contribution in [0.2, 0.25) is 0 Å². The van der Waals surface area contributed by atoms with Gasteiger partial charge in [0.05, 0.1) is 0 Å². The molecule has 0 radical (unpaired) electrons. The van der Waals surface area contributed by atoms with Gasteiger partial charge in [0.2, 0.25) is 0 Å². The van der Waals surface area contributed by atoms with Crippen molar-refractivity contribution in [3.63, 3.8) is 0 Å². The van der Waals surface area contributed by atoms with Crippen molar-refractivity contribution >= 4 is 18.5 Å². The van der Waals surface area contributed by atoms with Crippen LogP contribution in [-0.4, -0.2) is 0 Å². The maximum Gasteiger partial charge on any atom is 4.00 e. The summed E-state index contributed by atoms with van der Waals surface area (Å²) < 4.78 is 0. The van der Waals surface area contributed by atoms with Gasteiger partial charge in [-0.2, -0.15) is 18.2 Å². The van der Waals surface area contributed by atoms with Crippen LogP contribution in [0.3, 0.4) is 0 Å². The zero-order chi connectivity index (χ0) is 13.6. The van der Waals surface area contributed by atoms with E-state index in [-0.39, 0.29) is 21.1 Å². The van der Waals surface area contributed by atoms with E-state index in [9.17, 15) is 0 Å². The smallest absolute Gasteiger partial charge is 0.844 e. The molecule has 108 valence electrons. The molecule has 0 N–H and O–H groups in total. The van der Waals surface area contributed by atoms with Crippen LogP contribution in [0.25, 0.3) is 0 Å². The third kappa shape index (κ3) is 43.4. The molecule has 0 aromatic rings. The number of hydrogen-bond donors (Lipinski definition) is 0. The van der Waals surface area contributed by atoms with E-state index >= 15 is 0 Å². The zero-order valence-corrected chi connectivity index (χ0v) is 15.0. The summed E-state index contributed by atoms with van der Waals surface area (Å²) in [4.78, 5) is 26.8. The molecule has 0 aromatic heterocycles. The molecular formula is C12H25MoO3PS. The molecule has 0 amide bonds. The molecule has 0 aliphatic rings. The predicted octanol–water partition coefficient (Wildman–Crippen LogP) is 2.03. The fourth-order valence-electron chi connectivity index (χ4n) is 1.49. The molecule has 3 nitrogen and oxygen atoms in total. The molecule has 0 aliphatic carbocycles. The largest absolute Gasteiger partial charge is 4.00 e. The average Bonchev–Trinajstić information content (AvgIpc) is 2.20. The van der Waals surface area contributed by atoms with E-state index in [1.165, 1.54) is 57.8 Å². The van der Waals surface area contributed by atoms with Gasteiger partial charge in [-0.3, -0.25) is 0 Å². The number of unbranched alkanes of at least 4 members (excludes halogenated alkanes) is 9. The Labute approximate surface area is 132 Å². The minimum absolute atomic E-state index is 0. The van der Waals surface area contributed by atoms with Crippen LogP contribution in [0.4, 0.5) is 0 Å². The quantitative estimate of drug-likeness (QED) is 0.267.